The monoisotopic (exact) mass is 393 g/mol. The van der Waals surface area contributed by atoms with E-state index in [1.807, 2.05) is 54.3 Å². The molecule has 0 fully saturated rings. The molecule has 2 aromatic carbocycles. The van der Waals surface area contributed by atoms with E-state index >= 15 is 0 Å². The number of fused-ring (bicyclic) bond motifs is 1. The molecule has 2 heterocycles. The number of carbonyl (C=O) groups excluding carboxylic acids is 1. The Labute approximate surface area is 169 Å². The van der Waals surface area contributed by atoms with Gasteiger partial charge < -0.3 is 14.4 Å². The molecule has 5 heteroatoms. The van der Waals surface area contributed by atoms with Crippen molar-refractivity contribution in [1.29, 1.82) is 0 Å². The SMILES string of the molecule is CCOc1ccccc1OCC(=O)N1CCc2sccc2[C@H]1c1ccccc1. The van der Waals surface area contributed by atoms with Crippen LogP contribution in [0, 0.1) is 0 Å². The van der Waals surface area contributed by atoms with Crippen molar-refractivity contribution in [2.75, 3.05) is 19.8 Å². The number of carbonyl (C=O) groups is 1. The van der Waals surface area contributed by atoms with Crippen LogP contribution in [0.25, 0.3) is 0 Å². The molecule has 0 bridgehead atoms. The van der Waals surface area contributed by atoms with E-state index in [1.54, 1.807) is 11.3 Å². The fraction of sp³-hybridized carbons (Fsp3) is 0.261. The summed E-state index contributed by atoms with van der Waals surface area (Å²) in [6.45, 7) is 3.17. The Kier molecular flexibility index (Phi) is 5.63. The largest absolute Gasteiger partial charge is 0.490 e. The summed E-state index contributed by atoms with van der Waals surface area (Å²) in [4.78, 5) is 16.4. The second-order valence-corrected chi connectivity index (χ2v) is 7.62. The highest BCUT2D eigenvalue weighted by atomic mass is 32.1. The highest BCUT2D eigenvalue weighted by molar-refractivity contribution is 7.10. The number of hydrogen-bond acceptors (Lipinski definition) is 4. The molecule has 0 saturated carbocycles. The van der Waals surface area contributed by atoms with Crippen molar-refractivity contribution < 1.29 is 14.3 Å². The van der Waals surface area contributed by atoms with E-state index in [1.165, 1.54) is 10.4 Å². The zero-order valence-corrected chi connectivity index (χ0v) is 16.7. The standard InChI is InChI=1S/C23H23NO3S/c1-2-26-19-10-6-7-11-20(19)27-16-22(25)24-14-12-21-18(13-15-28-21)23(24)17-8-4-3-5-9-17/h3-11,13,15,23H,2,12,14,16H2,1H3/t23-/m1/s1. The fourth-order valence-corrected chi connectivity index (χ4v) is 4.55. The Morgan fingerprint density at radius 3 is 2.50 bits per heavy atom. The van der Waals surface area contributed by atoms with E-state index in [-0.39, 0.29) is 18.6 Å². The minimum atomic E-state index is -0.0607. The molecule has 1 atom stereocenters. The number of hydrogen-bond donors (Lipinski definition) is 0. The van der Waals surface area contributed by atoms with Crippen molar-refractivity contribution in [3.63, 3.8) is 0 Å². The Balaban J connectivity index is 1.55. The number of amides is 1. The normalized spacial score (nSPS) is 15.8. The van der Waals surface area contributed by atoms with Crippen molar-refractivity contribution in [3.8, 4) is 11.5 Å². The first-order valence-electron chi connectivity index (χ1n) is 9.53. The summed E-state index contributed by atoms with van der Waals surface area (Å²) in [7, 11) is 0. The first-order valence-corrected chi connectivity index (χ1v) is 10.4. The van der Waals surface area contributed by atoms with Crippen LogP contribution >= 0.6 is 11.3 Å². The molecule has 0 N–H and O–H groups in total. The van der Waals surface area contributed by atoms with Gasteiger partial charge in [-0.1, -0.05) is 42.5 Å². The summed E-state index contributed by atoms with van der Waals surface area (Å²) in [5.74, 6) is 1.25. The second-order valence-electron chi connectivity index (χ2n) is 6.62. The van der Waals surface area contributed by atoms with Crippen LogP contribution in [0.5, 0.6) is 11.5 Å². The summed E-state index contributed by atoms with van der Waals surface area (Å²) in [5.41, 5.74) is 2.36. The van der Waals surface area contributed by atoms with Crippen LogP contribution in [0.2, 0.25) is 0 Å². The quantitative estimate of drug-likeness (QED) is 0.609. The zero-order valence-electron chi connectivity index (χ0n) is 15.8. The molecule has 4 nitrogen and oxygen atoms in total. The Hall–Kier alpha value is -2.79. The average molecular weight is 394 g/mol. The average Bonchev–Trinajstić information content (AvgIpc) is 3.22. The number of para-hydroxylation sites is 2. The van der Waals surface area contributed by atoms with Gasteiger partial charge in [-0.15, -0.1) is 11.3 Å². The van der Waals surface area contributed by atoms with Crippen LogP contribution in [0.1, 0.15) is 29.0 Å². The number of benzene rings is 2. The molecule has 0 spiro atoms. The van der Waals surface area contributed by atoms with Crippen LogP contribution in [0.3, 0.4) is 0 Å². The summed E-state index contributed by atoms with van der Waals surface area (Å²) < 4.78 is 11.4. The van der Waals surface area contributed by atoms with Gasteiger partial charge >= 0.3 is 0 Å². The number of nitrogens with zero attached hydrogens (tertiary/aromatic N) is 1. The van der Waals surface area contributed by atoms with Gasteiger partial charge in [0.1, 0.15) is 0 Å². The van der Waals surface area contributed by atoms with Gasteiger partial charge in [0.25, 0.3) is 5.91 Å². The van der Waals surface area contributed by atoms with Gasteiger partial charge in [-0.2, -0.15) is 0 Å². The van der Waals surface area contributed by atoms with E-state index in [2.05, 4.69) is 23.6 Å². The molecule has 28 heavy (non-hydrogen) atoms. The molecule has 0 saturated heterocycles. The topological polar surface area (TPSA) is 38.8 Å². The van der Waals surface area contributed by atoms with Gasteiger partial charge in [0.15, 0.2) is 18.1 Å². The smallest absolute Gasteiger partial charge is 0.261 e. The van der Waals surface area contributed by atoms with E-state index < -0.39 is 0 Å². The van der Waals surface area contributed by atoms with Crippen molar-refractivity contribution in [2.45, 2.75) is 19.4 Å². The molecule has 1 aliphatic heterocycles. The molecular formula is C23H23NO3S. The Morgan fingerprint density at radius 2 is 1.75 bits per heavy atom. The predicted molar refractivity (Wildman–Crippen MR) is 111 cm³/mol. The summed E-state index contributed by atoms with van der Waals surface area (Å²) in [6, 6.07) is 19.8. The summed E-state index contributed by atoms with van der Waals surface area (Å²) in [6.07, 6.45) is 0.887. The summed E-state index contributed by atoms with van der Waals surface area (Å²) >= 11 is 1.77. The maximum Gasteiger partial charge on any atom is 0.261 e. The minimum Gasteiger partial charge on any atom is -0.490 e. The molecule has 0 radical (unpaired) electrons. The number of thiophene rings is 1. The zero-order chi connectivity index (χ0) is 19.3. The van der Waals surface area contributed by atoms with Crippen molar-refractivity contribution >= 4 is 17.2 Å². The lowest BCUT2D eigenvalue weighted by Gasteiger charge is -2.36. The van der Waals surface area contributed by atoms with Crippen LogP contribution in [0.15, 0.2) is 66.0 Å². The Bertz CT molecular complexity index is 938. The van der Waals surface area contributed by atoms with Crippen molar-refractivity contribution in [2.24, 2.45) is 0 Å². The lowest BCUT2D eigenvalue weighted by molar-refractivity contribution is -0.135. The van der Waals surface area contributed by atoms with Gasteiger partial charge in [0.05, 0.1) is 12.6 Å². The third kappa shape index (κ3) is 3.76. The molecule has 3 aromatic rings. The summed E-state index contributed by atoms with van der Waals surface area (Å²) in [5, 5.41) is 2.11. The third-order valence-electron chi connectivity index (χ3n) is 4.90. The van der Waals surface area contributed by atoms with Crippen LogP contribution in [-0.4, -0.2) is 30.6 Å². The minimum absolute atomic E-state index is 0.00705. The molecular weight excluding hydrogens is 370 g/mol. The first kappa shape index (κ1) is 18.6. The molecule has 1 aliphatic rings. The number of ether oxygens (including phenoxy) is 2. The highest BCUT2D eigenvalue weighted by Crippen LogP contribution is 2.37. The van der Waals surface area contributed by atoms with E-state index in [0.717, 1.165) is 12.0 Å². The predicted octanol–water partition coefficient (Wildman–Crippen LogP) is 4.70. The van der Waals surface area contributed by atoms with Crippen LogP contribution in [0.4, 0.5) is 0 Å². The Morgan fingerprint density at radius 1 is 1.04 bits per heavy atom. The number of rotatable bonds is 6. The fourth-order valence-electron chi connectivity index (χ4n) is 3.65. The molecule has 1 aromatic heterocycles. The van der Waals surface area contributed by atoms with E-state index in [9.17, 15) is 4.79 Å². The lowest BCUT2D eigenvalue weighted by Crippen LogP contribution is -2.42. The molecule has 4 rings (SSSR count). The van der Waals surface area contributed by atoms with Crippen LogP contribution < -0.4 is 9.47 Å². The molecule has 1 amide bonds. The molecule has 144 valence electrons. The van der Waals surface area contributed by atoms with Gasteiger partial charge in [0, 0.05) is 11.4 Å². The van der Waals surface area contributed by atoms with E-state index in [4.69, 9.17) is 9.47 Å². The van der Waals surface area contributed by atoms with Gasteiger partial charge in [-0.05, 0) is 48.1 Å². The third-order valence-corrected chi connectivity index (χ3v) is 5.90. The maximum atomic E-state index is 13.1. The van der Waals surface area contributed by atoms with E-state index in [0.29, 0.717) is 24.7 Å². The molecule has 0 aliphatic carbocycles. The lowest BCUT2D eigenvalue weighted by atomic mass is 9.93. The first-order chi connectivity index (χ1) is 13.8. The van der Waals surface area contributed by atoms with Crippen molar-refractivity contribution in [1.82, 2.24) is 4.90 Å². The van der Waals surface area contributed by atoms with Gasteiger partial charge in [-0.3, -0.25) is 4.79 Å². The molecule has 0 unspecified atom stereocenters. The van der Waals surface area contributed by atoms with Crippen LogP contribution in [-0.2, 0) is 11.2 Å². The van der Waals surface area contributed by atoms with Crippen molar-refractivity contribution in [3.05, 3.63) is 82.0 Å². The maximum absolute atomic E-state index is 13.1. The highest BCUT2D eigenvalue weighted by Gasteiger charge is 2.32. The second kappa shape index (κ2) is 8.48. The van der Waals surface area contributed by atoms with Gasteiger partial charge in [-0.25, -0.2) is 0 Å². The van der Waals surface area contributed by atoms with Gasteiger partial charge in [0.2, 0.25) is 0 Å².